The van der Waals surface area contributed by atoms with Crippen LogP contribution in [-0.2, 0) is 0 Å². The molecule has 2 nitrogen and oxygen atoms in total. The fraction of sp³-hybridized carbons (Fsp3) is 0.800. The summed E-state index contributed by atoms with van der Waals surface area (Å²) >= 11 is 1.54. The molecular formula is C5H12N2SSi. The van der Waals surface area contributed by atoms with Crippen molar-refractivity contribution >= 4 is 24.5 Å². The molecule has 0 bridgehead atoms. The first-order valence-corrected chi connectivity index (χ1v) is 7.51. The number of hydrogen-bond acceptors (Lipinski definition) is 1. The molecule has 0 atom stereocenters. The summed E-state index contributed by atoms with van der Waals surface area (Å²) < 4.78 is 0.905. The minimum atomic E-state index is -1.32. The third kappa shape index (κ3) is 2.84. The summed E-state index contributed by atoms with van der Waals surface area (Å²) in [4.78, 5) is 3.22. The van der Waals surface area contributed by atoms with Crippen LogP contribution >= 0.6 is 11.8 Å². The zero-order valence-corrected chi connectivity index (χ0v) is 8.12. The molecule has 0 aliphatic heterocycles. The summed E-state index contributed by atoms with van der Waals surface area (Å²) in [7, 11) is -1.32. The SMILES string of the molecule is CSC(=[N+]=[N-])[Si](C)(C)C. The highest BCUT2D eigenvalue weighted by molar-refractivity contribution is 8.17. The Morgan fingerprint density at radius 1 is 1.44 bits per heavy atom. The van der Waals surface area contributed by atoms with E-state index in [0.717, 1.165) is 4.67 Å². The van der Waals surface area contributed by atoms with Crippen LogP contribution in [0.2, 0.25) is 19.6 Å². The van der Waals surface area contributed by atoms with Crippen molar-refractivity contribution in [1.82, 2.24) is 0 Å². The van der Waals surface area contributed by atoms with Gasteiger partial charge in [0.25, 0.3) is 4.67 Å². The Morgan fingerprint density at radius 3 is 1.89 bits per heavy atom. The Labute approximate surface area is 61.3 Å². The molecule has 0 spiro atoms. The second kappa shape index (κ2) is 3.20. The monoisotopic (exact) mass is 160 g/mol. The Morgan fingerprint density at radius 2 is 1.89 bits per heavy atom. The van der Waals surface area contributed by atoms with E-state index >= 15 is 0 Å². The lowest BCUT2D eigenvalue weighted by Crippen LogP contribution is -2.31. The third-order valence-electron chi connectivity index (χ3n) is 0.926. The molecule has 0 unspecified atom stereocenters. The minimum Gasteiger partial charge on any atom is -0.361 e. The lowest BCUT2D eigenvalue weighted by atomic mass is 11.6. The van der Waals surface area contributed by atoms with E-state index in [1.165, 1.54) is 11.8 Å². The zero-order chi connectivity index (χ0) is 7.49. The van der Waals surface area contributed by atoms with Crippen LogP contribution in [0.1, 0.15) is 0 Å². The van der Waals surface area contributed by atoms with Crippen molar-refractivity contribution in [2.45, 2.75) is 19.6 Å². The second-order valence-electron chi connectivity index (χ2n) is 2.86. The quantitative estimate of drug-likeness (QED) is 0.190. The van der Waals surface area contributed by atoms with Crippen LogP contribution in [0, 0.1) is 0 Å². The molecule has 0 aromatic heterocycles. The van der Waals surface area contributed by atoms with E-state index in [1.807, 2.05) is 6.26 Å². The maximum absolute atomic E-state index is 8.46. The van der Waals surface area contributed by atoms with Gasteiger partial charge in [0.15, 0.2) is 8.07 Å². The summed E-state index contributed by atoms with van der Waals surface area (Å²) in [6, 6.07) is 0. The van der Waals surface area contributed by atoms with E-state index < -0.39 is 8.07 Å². The molecule has 0 aromatic carbocycles. The molecule has 0 rings (SSSR count). The Bertz CT molecular complexity index is 144. The van der Waals surface area contributed by atoms with Gasteiger partial charge in [-0.15, -0.1) is 0 Å². The summed E-state index contributed by atoms with van der Waals surface area (Å²) in [5.74, 6) is 0. The van der Waals surface area contributed by atoms with Crippen molar-refractivity contribution in [3.8, 4) is 0 Å². The molecular weight excluding hydrogens is 148 g/mol. The van der Waals surface area contributed by atoms with Gasteiger partial charge in [-0.1, -0.05) is 31.4 Å². The summed E-state index contributed by atoms with van der Waals surface area (Å²) in [6.45, 7) is 6.45. The molecule has 9 heavy (non-hydrogen) atoms. The van der Waals surface area contributed by atoms with Crippen LogP contribution in [0.5, 0.6) is 0 Å². The summed E-state index contributed by atoms with van der Waals surface area (Å²) in [5, 5.41) is 0. The molecule has 0 amide bonds. The molecule has 52 valence electrons. The average molecular weight is 160 g/mol. The van der Waals surface area contributed by atoms with Crippen molar-refractivity contribution in [2.24, 2.45) is 0 Å². The molecule has 0 radical (unpaired) electrons. The van der Waals surface area contributed by atoms with Crippen LogP contribution in [0.15, 0.2) is 0 Å². The van der Waals surface area contributed by atoms with E-state index in [2.05, 4.69) is 24.4 Å². The van der Waals surface area contributed by atoms with Crippen molar-refractivity contribution in [2.75, 3.05) is 6.26 Å². The molecule has 0 aliphatic rings. The van der Waals surface area contributed by atoms with E-state index in [9.17, 15) is 0 Å². The van der Waals surface area contributed by atoms with E-state index in [4.69, 9.17) is 5.53 Å². The first-order chi connectivity index (χ1) is 4.02. The van der Waals surface area contributed by atoms with Gasteiger partial charge < -0.3 is 5.53 Å². The van der Waals surface area contributed by atoms with Crippen molar-refractivity contribution in [3.05, 3.63) is 5.53 Å². The van der Waals surface area contributed by atoms with Crippen molar-refractivity contribution < 1.29 is 4.79 Å². The number of thioether (sulfide) groups is 1. The van der Waals surface area contributed by atoms with Gasteiger partial charge in [-0.05, 0) is 6.26 Å². The predicted molar refractivity (Wildman–Crippen MR) is 45.5 cm³/mol. The fourth-order valence-corrected chi connectivity index (χ4v) is 3.33. The highest BCUT2D eigenvalue weighted by Gasteiger charge is 2.28. The summed E-state index contributed by atoms with van der Waals surface area (Å²) in [5.41, 5.74) is 8.46. The third-order valence-corrected chi connectivity index (χ3v) is 5.23. The molecule has 0 saturated heterocycles. The van der Waals surface area contributed by atoms with Gasteiger partial charge in [0.1, 0.15) is 0 Å². The number of rotatable bonds is 1. The number of nitrogens with zero attached hydrogens (tertiary/aromatic N) is 2. The first-order valence-electron chi connectivity index (χ1n) is 2.79. The summed E-state index contributed by atoms with van der Waals surface area (Å²) in [6.07, 6.45) is 1.94. The van der Waals surface area contributed by atoms with Gasteiger partial charge in [0.05, 0.1) is 0 Å². The normalized spacial score (nSPS) is 10.7. The minimum absolute atomic E-state index is 0.905. The van der Waals surface area contributed by atoms with Crippen molar-refractivity contribution in [1.29, 1.82) is 0 Å². The highest BCUT2D eigenvalue weighted by Crippen LogP contribution is 2.10. The molecule has 0 N–H and O–H groups in total. The van der Waals surface area contributed by atoms with Crippen LogP contribution in [0.4, 0.5) is 0 Å². The van der Waals surface area contributed by atoms with Crippen LogP contribution in [-0.4, -0.2) is 23.8 Å². The van der Waals surface area contributed by atoms with Gasteiger partial charge in [-0.3, -0.25) is 0 Å². The van der Waals surface area contributed by atoms with Gasteiger partial charge in [-0.2, -0.15) is 4.79 Å². The van der Waals surface area contributed by atoms with E-state index in [-0.39, 0.29) is 0 Å². The van der Waals surface area contributed by atoms with Gasteiger partial charge in [0, 0.05) is 0 Å². The Balaban J connectivity index is 4.33. The van der Waals surface area contributed by atoms with Gasteiger partial charge in [0.2, 0.25) is 0 Å². The highest BCUT2D eigenvalue weighted by atomic mass is 32.2. The Kier molecular flexibility index (Phi) is 3.18. The second-order valence-corrected chi connectivity index (χ2v) is 8.99. The first kappa shape index (κ1) is 8.95. The van der Waals surface area contributed by atoms with E-state index in [0.29, 0.717) is 0 Å². The molecule has 0 fully saturated rings. The lowest BCUT2D eigenvalue weighted by molar-refractivity contribution is 0.00391. The maximum atomic E-state index is 8.46. The van der Waals surface area contributed by atoms with Gasteiger partial charge >= 0.3 is 0 Å². The molecule has 0 aliphatic carbocycles. The lowest BCUT2D eigenvalue weighted by Gasteiger charge is -2.05. The average Bonchev–Trinajstić information content (AvgIpc) is 1.65. The van der Waals surface area contributed by atoms with Crippen molar-refractivity contribution in [3.63, 3.8) is 0 Å². The molecule has 0 aromatic rings. The topological polar surface area (TPSA) is 36.4 Å². The van der Waals surface area contributed by atoms with Gasteiger partial charge in [-0.25, -0.2) is 0 Å². The van der Waals surface area contributed by atoms with Crippen LogP contribution < -0.4 is 0 Å². The van der Waals surface area contributed by atoms with Crippen LogP contribution in [0.25, 0.3) is 5.53 Å². The molecule has 0 saturated carbocycles. The largest absolute Gasteiger partial charge is 0.361 e. The maximum Gasteiger partial charge on any atom is 0.289 e. The van der Waals surface area contributed by atoms with E-state index in [1.54, 1.807) is 0 Å². The number of hydrogen-bond donors (Lipinski definition) is 0. The standard InChI is InChI=1S/C5H12N2SSi/c1-8-5(7-6)9(2,3)4/h1-4H3. The predicted octanol–water partition coefficient (Wildman–Crippen LogP) is 1.86. The zero-order valence-electron chi connectivity index (χ0n) is 6.30. The molecule has 0 heterocycles. The smallest absolute Gasteiger partial charge is 0.289 e. The molecule has 4 heteroatoms. The fourth-order valence-electron chi connectivity index (χ4n) is 0.497. The Hall–Kier alpha value is -0.0531. The van der Waals surface area contributed by atoms with Crippen LogP contribution in [0.3, 0.4) is 0 Å².